The Labute approximate surface area is 259 Å². The largest absolute Gasteiger partial charge is 0.505 e. The topological polar surface area (TPSA) is 141 Å². The first kappa shape index (κ1) is 32.9. The molecule has 46 heavy (non-hydrogen) atoms. The summed E-state index contributed by atoms with van der Waals surface area (Å²) in [5.74, 6) is -6.43. The Morgan fingerprint density at radius 2 is 1.80 bits per heavy atom. The average molecular weight is 656 g/mol. The SMILES string of the molecule is CCc1c(N2CCN(C(=O)c3ncccc3O)CC2)c(=O)n2nc(N(C)C)nc2n1CC(=O)NC1CC1(CC)C(F)(F)C(F)(F)F. The third kappa shape index (κ3) is 5.36. The second-order valence-electron chi connectivity index (χ2n) is 11.6. The van der Waals surface area contributed by atoms with E-state index in [1.165, 1.54) is 34.7 Å². The van der Waals surface area contributed by atoms with Gasteiger partial charge in [-0.3, -0.25) is 14.4 Å². The van der Waals surface area contributed by atoms with Crippen LogP contribution in [0.5, 0.6) is 5.75 Å². The third-order valence-electron chi connectivity index (χ3n) is 8.75. The second-order valence-corrected chi connectivity index (χ2v) is 11.6. The highest BCUT2D eigenvalue weighted by Gasteiger charge is 2.78. The number of anilines is 2. The summed E-state index contributed by atoms with van der Waals surface area (Å²) in [5, 5.41) is 16.7. The molecular formula is C28H34F5N9O4. The van der Waals surface area contributed by atoms with Crippen LogP contribution in [0.2, 0.25) is 0 Å². The fourth-order valence-corrected chi connectivity index (χ4v) is 6.07. The van der Waals surface area contributed by atoms with Crippen LogP contribution < -0.4 is 20.7 Å². The number of piperazine rings is 1. The van der Waals surface area contributed by atoms with Crippen LogP contribution in [0.25, 0.3) is 5.78 Å². The number of amides is 2. The zero-order valence-corrected chi connectivity index (χ0v) is 25.6. The summed E-state index contributed by atoms with van der Waals surface area (Å²) in [6.07, 6.45) is -5.20. The Morgan fingerprint density at radius 1 is 1.13 bits per heavy atom. The Balaban J connectivity index is 1.45. The molecule has 3 aromatic rings. The summed E-state index contributed by atoms with van der Waals surface area (Å²) < 4.78 is 70.9. The van der Waals surface area contributed by atoms with Gasteiger partial charge in [-0.15, -0.1) is 5.10 Å². The zero-order chi connectivity index (χ0) is 33.8. The molecule has 1 aliphatic carbocycles. The summed E-state index contributed by atoms with van der Waals surface area (Å²) in [4.78, 5) is 53.2. The summed E-state index contributed by atoms with van der Waals surface area (Å²) >= 11 is 0. The first-order valence-corrected chi connectivity index (χ1v) is 14.7. The lowest BCUT2D eigenvalue weighted by Crippen LogP contribution is -2.51. The molecule has 1 saturated heterocycles. The molecule has 2 unspecified atom stereocenters. The predicted molar refractivity (Wildman–Crippen MR) is 155 cm³/mol. The molecule has 5 rings (SSSR count). The number of rotatable bonds is 9. The van der Waals surface area contributed by atoms with E-state index in [0.29, 0.717) is 5.69 Å². The standard InChI is InChI=1S/C28H34F5N9O4/c1-5-16-21(39-10-12-40(13-11-39)22(45)20-17(43)8-7-9-34-20)23(46)42-25(36-24(37-42)38(3)4)41(16)15-19(44)35-18-14-26(18,6-2)27(29,30)28(31,32)33/h7-9,18,43H,5-6,10-15H2,1-4H3,(H,35,44). The van der Waals surface area contributed by atoms with Crippen molar-refractivity contribution >= 4 is 29.2 Å². The van der Waals surface area contributed by atoms with Gasteiger partial charge in [-0.25, -0.2) is 4.98 Å². The first-order chi connectivity index (χ1) is 21.6. The van der Waals surface area contributed by atoms with Crippen molar-refractivity contribution in [1.29, 1.82) is 0 Å². The van der Waals surface area contributed by atoms with Crippen molar-refractivity contribution in [3.63, 3.8) is 0 Å². The molecule has 18 heteroatoms. The fraction of sp³-hybridized carbons (Fsp3) is 0.571. The summed E-state index contributed by atoms with van der Waals surface area (Å²) in [6, 6.07) is 1.44. The van der Waals surface area contributed by atoms with Gasteiger partial charge < -0.3 is 29.7 Å². The minimum Gasteiger partial charge on any atom is -0.505 e. The Hall–Kier alpha value is -4.51. The van der Waals surface area contributed by atoms with Crippen molar-refractivity contribution in [2.45, 2.75) is 57.8 Å². The molecule has 2 N–H and O–H groups in total. The maximum absolute atomic E-state index is 14.4. The van der Waals surface area contributed by atoms with Crippen LogP contribution in [0.15, 0.2) is 23.1 Å². The lowest BCUT2D eigenvalue weighted by atomic mass is 9.93. The van der Waals surface area contributed by atoms with Crippen LogP contribution >= 0.6 is 0 Å². The normalized spacial score (nSPS) is 20.2. The van der Waals surface area contributed by atoms with Crippen LogP contribution in [0.4, 0.5) is 33.6 Å². The van der Waals surface area contributed by atoms with Gasteiger partial charge in [0.25, 0.3) is 11.5 Å². The molecule has 0 radical (unpaired) electrons. The first-order valence-electron chi connectivity index (χ1n) is 14.7. The Bertz CT molecular complexity index is 1720. The molecule has 2 fully saturated rings. The molecule has 0 bridgehead atoms. The van der Waals surface area contributed by atoms with Crippen LogP contribution in [0, 0.1) is 5.41 Å². The number of halogens is 5. The highest BCUT2D eigenvalue weighted by Crippen LogP contribution is 2.64. The smallest absolute Gasteiger partial charge is 0.453 e. The van der Waals surface area contributed by atoms with Crippen molar-refractivity contribution in [1.82, 2.24) is 34.4 Å². The van der Waals surface area contributed by atoms with E-state index in [4.69, 9.17) is 0 Å². The Morgan fingerprint density at radius 3 is 2.37 bits per heavy atom. The van der Waals surface area contributed by atoms with Gasteiger partial charge >= 0.3 is 12.1 Å². The molecule has 13 nitrogen and oxygen atoms in total. The number of hydrogen-bond donors (Lipinski definition) is 2. The quantitative estimate of drug-likeness (QED) is 0.332. The number of aromatic nitrogens is 5. The van der Waals surface area contributed by atoms with Gasteiger partial charge in [0, 0.05) is 52.5 Å². The molecule has 1 saturated carbocycles. The van der Waals surface area contributed by atoms with Crippen molar-refractivity contribution < 1.29 is 36.6 Å². The number of nitrogens with zero attached hydrogens (tertiary/aromatic N) is 8. The van der Waals surface area contributed by atoms with E-state index in [9.17, 15) is 41.4 Å². The molecule has 4 heterocycles. The van der Waals surface area contributed by atoms with Crippen molar-refractivity contribution in [2.24, 2.45) is 5.41 Å². The molecule has 2 aliphatic rings. The lowest BCUT2D eigenvalue weighted by molar-refractivity contribution is -0.310. The van der Waals surface area contributed by atoms with Gasteiger partial charge in [-0.05, 0) is 31.4 Å². The maximum Gasteiger partial charge on any atom is 0.453 e. The van der Waals surface area contributed by atoms with Crippen molar-refractivity contribution in [3.8, 4) is 5.75 Å². The number of hydrogen-bond acceptors (Lipinski definition) is 9. The second kappa shape index (κ2) is 11.7. The van der Waals surface area contributed by atoms with E-state index in [2.05, 4.69) is 20.4 Å². The molecule has 0 spiro atoms. The summed E-state index contributed by atoms with van der Waals surface area (Å²) in [5.41, 5.74) is -2.54. The van der Waals surface area contributed by atoms with Gasteiger partial charge in [0.05, 0.1) is 11.1 Å². The predicted octanol–water partition coefficient (Wildman–Crippen LogP) is 2.06. The van der Waals surface area contributed by atoms with Gasteiger partial charge in [0.15, 0.2) is 5.69 Å². The van der Waals surface area contributed by atoms with Crippen LogP contribution in [-0.2, 0) is 17.8 Å². The van der Waals surface area contributed by atoms with Crippen molar-refractivity contribution in [3.05, 3.63) is 40.1 Å². The number of nitrogens with one attached hydrogen (secondary N) is 1. The molecule has 3 aromatic heterocycles. The highest BCUT2D eigenvalue weighted by molar-refractivity contribution is 5.95. The number of carbonyl (C=O) groups is 2. The van der Waals surface area contributed by atoms with Crippen LogP contribution in [0.3, 0.4) is 0 Å². The zero-order valence-electron chi connectivity index (χ0n) is 25.6. The molecule has 0 aromatic carbocycles. The van der Waals surface area contributed by atoms with Gasteiger partial charge in [-0.2, -0.15) is 31.5 Å². The molecular weight excluding hydrogens is 621 g/mol. The van der Waals surface area contributed by atoms with Gasteiger partial charge in [0.1, 0.15) is 18.0 Å². The van der Waals surface area contributed by atoms with E-state index in [1.54, 1.807) is 30.8 Å². The molecule has 1 aliphatic heterocycles. The van der Waals surface area contributed by atoms with Gasteiger partial charge in [0.2, 0.25) is 17.6 Å². The number of alkyl halides is 5. The van der Waals surface area contributed by atoms with Gasteiger partial charge in [-0.1, -0.05) is 13.8 Å². The molecule has 2 atom stereocenters. The van der Waals surface area contributed by atoms with E-state index in [0.717, 1.165) is 4.52 Å². The maximum atomic E-state index is 14.4. The number of aromatic hydroxyl groups is 1. The number of fused-ring (bicyclic) bond motifs is 1. The number of carbonyl (C=O) groups excluding carboxylic acids is 2. The third-order valence-corrected chi connectivity index (χ3v) is 8.75. The Kier molecular flexibility index (Phi) is 8.35. The van der Waals surface area contributed by atoms with E-state index in [1.807, 2.05) is 0 Å². The summed E-state index contributed by atoms with van der Waals surface area (Å²) in [7, 11) is 3.29. The highest BCUT2D eigenvalue weighted by atomic mass is 19.4. The molecule has 250 valence electrons. The van der Waals surface area contributed by atoms with E-state index < -0.39 is 60.3 Å². The molecule has 2 amide bonds. The average Bonchev–Trinajstić information content (AvgIpc) is 3.53. The summed E-state index contributed by atoms with van der Waals surface area (Å²) in [6.45, 7) is 3.17. The van der Waals surface area contributed by atoms with Crippen LogP contribution in [0.1, 0.15) is 42.9 Å². The monoisotopic (exact) mass is 655 g/mol. The van der Waals surface area contributed by atoms with E-state index >= 15 is 0 Å². The lowest BCUT2D eigenvalue weighted by Gasteiger charge is -2.36. The number of pyridine rings is 1. The van der Waals surface area contributed by atoms with Crippen molar-refractivity contribution in [2.75, 3.05) is 50.1 Å². The fourth-order valence-electron chi connectivity index (χ4n) is 6.07. The minimum absolute atomic E-state index is 0.0120. The van der Waals surface area contributed by atoms with Crippen LogP contribution in [-0.4, -0.2) is 104 Å². The van der Waals surface area contributed by atoms with E-state index in [-0.39, 0.29) is 61.5 Å². The minimum atomic E-state index is -5.77.